The number of aryl methyl sites for hydroxylation is 2. The van der Waals surface area contributed by atoms with E-state index in [1.165, 1.54) is 4.88 Å². The average molecular weight is 374 g/mol. The lowest BCUT2D eigenvalue weighted by atomic mass is 10.2. The minimum Gasteiger partial charge on any atom is -0.344 e. The van der Waals surface area contributed by atoms with E-state index in [2.05, 4.69) is 37.1 Å². The third kappa shape index (κ3) is 3.90. The first-order chi connectivity index (χ1) is 12.0. The molecule has 1 N–H and O–H groups in total. The topological polar surface area (TPSA) is 44.7 Å². The van der Waals surface area contributed by atoms with Crippen molar-refractivity contribution >= 4 is 39.7 Å². The summed E-state index contributed by atoms with van der Waals surface area (Å²) in [4.78, 5) is 20.7. The molecule has 0 fully saturated rings. The maximum atomic E-state index is 12.4. The number of thiophene rings is 1. The van der Waals surface area contributed by atoms with E-state index in [0.29, 0.717) is 5.75 Å². The molecule has 0 radical (unpaired) electrons. The first kappa shape index (κ1) is 18.0. The van der Waals surface area contributed by atoms with Gasteiger partial charge in [0.15, 0.2) is 0 Å². The first-order valence-corrected chi connectivity index (χ1v) is 10.2. The highest BCUT2D eigenvalue weighted by Crippen LogP contribution is 2.25. The maximum Gasteiger partial charge on any atom is 0.234 e. The zero-order valence-corrected chi connectivity index (χ0v) is 16.6. The van der Waals surface area contributed by atoms with Crippen LogP contribution >= 0.6 is 23.1 Å². The summed E-state index contributed by atoms with van der Waals surface area (Å²) >= 11 is 3.32. The molecule has 1 unspecified atom stereocenters. The second kappa shape index (κ2) is 7.62. The first-order valence-electron chi connectivity index (χ1n) is 8.43. The highest BCUT2D eigenvalue weighted by Gasteiger charge is 2.22. The molecule has 3 rings (SSSR count). The van der Waals surface area contributed by atoms with Gasteiger partial charge in [-0.15, -0.1) is 11.3 Å². The van der Waals surface area contributed by atoms with Gasteiger partial charge in [0.1, 0.15) is 10.8 Å². The van der Waals surface area contributed by atoms with Crippen LogP contribution in [0, 0.1) is 13.8 Å². The van der Waals surface area contributed by atoms with E-state index in [1.807, 2.05) is 31.2 Å². The molecule has 1 aliphatic heterocycles. The predicted octanol–water partition coefficient (Wildman–Crippen LogP) is 3.10. The summed E-state index contributed by atoms with van der Waals surface area (Å²) in [6, 6.07) is 10.0. The number of rotatable bonds is 5. The molecule has 2 heterocycles. The molecule has 6 heteroatoms. The summed E-state index contributed by atoms with van der Waals surface area (Å²) in [7, 11) is 0. The molecule has 2 aromatic rings. The molecule has 0 saturated heterocycles. The lowest BCUT2D eigenvalue weighted by molar-refractivity contribution is -0.113. The van der Waals surface area contributed by atoms with Gasteiger partial charge in [0, 0.05) is 22.3 Å². The van der Waals surface area contributed by atoms with Crippen molar-refractivity contribution in [1.82, 2.24) is 4.90 Å². The SMILES string of the molecule is CCN1C(SCC(=O)Nc2ccccc2C)=c2cc(C)sc2=NC1C. The Bertz CT molecular complexity index is 904. The van der Waals surface area contributed by atoms with Gasteiger partial charge >= 0.3 is 0 Å². The van der Waals surface area contributed by atoms with Crippen LogP contribution in [0.1, 0.15) is 24.3 Å². The molecular formula is C19H23N3OS2. The fraction of sp³-hybridized carbons (Fsp3) is 0.368. The van der Waals surface area contributed by atoms with Gasteiger partial charge in [-0.25, -0.2) is 4.99 Å². The Morgan fingerprint density at radius 3 is 2.84 bits per heavy atom. The number of hydrogen-bond acceptors (Lipinski definition) is 5. The molecule has 1 aromatic carbocycles. The van der Waals surface area contributed by atoms with Gasteiger partial charge in [-0.05, 0) is 45.4 Å². The van der Waals surface area contributed by atoms with Crippen molar-refractivity contribution in [2.24, 2.45) is 4.99 Å². The molecule has 25 heavy (non-hydrogen) atoms. The van der Waals surface area contributed by atoms with E-state index < -0.39 is 0 Å². The van der Waals surface area contributed by atoms with E-state index in [1.54, 1.807) is 23.1 Å². The van der Waals surface area contributed by atoms with Crippen molar-refractivity contribution < 1.29 is 4.79 Å². The Morgan fingerprint density at radius 2 is 2.12 bits per heavy atom. The fourth-order valence-electron chi connectivity index (χ4n) is 2.92. The molecular weight excluding hydrogens is 350 g/mol. The summed E-state index contributed by atoms with van der Waals surface area (Å²) < 4.78 is 1.08. The van der Waals surface area contributed by atoms with E-state index in [0.717, 1.165) is 32.7 Å². The minimum absolute atomic E-state index is 0.0199. The number of carbonyl (C=O) groups is 1. The summed E-state index contributed by atoms with van der Waals surface area (Å²) in [5.41, 5.74) is 1.95. The van der Waals surface area contributed by atoms with E-state index in [4.69, 9.17) is 4.99 Å². The van der Waals surface area contributed by atoms with E-state index in [-0.39, 0.29) is 12.1 Å². The summed E-state index contributed by atoms with van der Waals surface area (Å²) in [6.07, 6.45) is 0.109. The third-order valence-electron chi connectivity index (χ3n) is 4.18. The molecule has 1 aromatic heterocycles. The normalized spacial score (nSPS) is 16.4. The molecule has 4 nitrogen and oxygen atoms in total. The van der Waals surface area contributed by atoms with Crippen molar-refractivity contribution in [3.8, 4) is 0 Å². The lowest BCUT2D eigenvalue weighted by Crippen LogP contribution is -2.42. The highest BCUT2D eigenvalue weighted by molar-refractivity contribution is 8.08. The zero-order chi connectivity index (χ0) is 18.0. The fourth-order valence-corrected chi connectivity index (χ4v) is 5.03. The van der Waals surface area contributed by atoms with Gasteiger partial charge in [0.25, 0.3) is 0 Å². The molecule has 0 bridgehead atoms. The van der Waals surface area contributed by atoms with Crippen LogP contribution < -0.4 is 15.2 Å². The quantitative estimate of drug-likeness (QED) is 0.876. The number of amides is 1. The molecule has 0 spiro atoms. The Morgan fingerprint density at radius 1 is 1.36 bits per heavy atom. The number of nitrogens with zero attached hydrogens (tertiary/aromatic N) is 2. The molecule has 0 aliphatic carbocycles. The highest BCUT2D eigenvalue weighted by atomic mass is 32.2. The number of para-hydroxylation sites is 1. The number of carbonyl (C=O) groups excluding carboxylic acids is 1. The van der Waals surface area contributed by atoms with Crippen LogP contribution in [0.15, 0.2) is 35.3 Å². The number of hydrogen-bond donors (Lipinski definition) is 1. The standard InChI is InChI=1S/C19H23N3OS2/c1-5-22-14(4)20-18-15(10-13(3)25-18)19(22)24-11-17(23)21-16-9-7-6-8-12(16)2/h6-10,14H,5,11H2,1-4H3,(H,21,23). The van der Waals surface area contributed by atoms with Crippen LogP contribution in [0.5, 0.6) is 0 Å². The molecule has 0 saturated carbocycles. The van der Waals surface area contributed by atoms with E-state index >= 15 is 0 Å². The second-order valence-corrected chi connectivity index (χ2v) is 8.28. The largest absolute Gasteiger partial charge is 0.344 e. The minimum atomic E-state index is 0.0199. The molecule has 1 atom stereocenters. The van der Waals surface area contributed by atoms with Crippen LogP contribution in [-0.2, 0) is 4.79 Å². The number of thioether (sulfide) groups is 1. The average Bonchev–Trinajstić information content (AvgIpc) is 2.94. The Kier molecular flexibility index (Phi) is 5.49. The Hall–Kier alpha value is -1.79. The van der Waals surface area contributed by atoms with Gasteiger partial charge in [-0.1, -0.05) is 30.0 Å². The number of nitrogens with one attached hydrogen (secondary N) is 1. The maximum absolute atomic E-state index is 12.4. The third-order valence-corrected chi connectivity index (χ3v) is 6.27. The summed E-state index contributed by atoms with van der Waals surface area (Å²) in [5, 5.41) is 5.33. The molecule has 1 amide bonds. The van der Waals surface area contributed by atoms with Crippen LogP contribution in [0.4, 0.5) is 5.69 Å². The summed E-state index contributed by atoms with van der Waals surface area (Å²) in [5.74, 6) is 0.410. The van der Waals surface area contributed by atoms with Gasteiger partial charge in [-0.2, -0.15) is 0 Å². The zero-order valence-electron chi connectivity index (χ0n) is 15.0. The van der Waals surface area contributed by atoms with Crippen molar-refractivity contribution in [2.75, 3.05) is 17.6 Å². The smallest absolute Gasteiger partial charge is 0.234 e. The number of anilines is 1. The second-order valence-electron chi connectivity index (χ2n) is 6.08. The Balaban J connectivity index is 1.80. The van der Waals surface area contributed by atoms with Crippen molar-refractivity contribution in [2.45, 2.75) is 33.9 Å². The van der Waals surface area contributed by atoms with Crippen LogP contribution in [0.3, 0.4) is 0 Å². The van der Waals surface area contributed by atoms with Crippen LogP contribution in [-0.4, -0.2) is 29.3 Å². The van der Waals surface area contributed by atoms with Gasteiger partial charge in [0.2, 0.25) is 5.91 Å². The lowest BCUT2D eigenvalue weighted by Gasteiger charge is -2.31. The van der Waals surface area contributed by atoms with Gasteiger partial charge in [-0.3, -0.25) is 4.79 Å². The monoisotopic (exact) mass is 373 g/mol. The van der Waals surface area contributed by atoms with Gasteiger partial charge < -0.3 is 10.2 Å². The molecule has 132 valence electrons. The van der Waals surface area contributed by atoms with E-state index in [9.17, 15) is 4.79 Å². The predicted molar refractivity (Wildman–Crippen MR) is 107 cm³/mol. The number of fused-ring (bicyclic) bond motifs is 1. The van der Waals surface area contributed by atoms with Crippen LogP contribution in [0.2, 0.25) is 0 Å². The molecule has 1 aliphatic rings. The van der Waals surface area contributed by atoms with Crippen LogP contribution in [0.25, 0.3) is 5.03 Å². The summed E-state index contributed by atoms with van der Waals surface area (Å²) in [6.45, 7) is 9.22. The van der Waals surface area contributed by atoms with Crippen molar-refractivity contribution in [3.05, 3.63) is 50.7 Å². The number of benzene rings is 1. The Labute approximate surface area is 156 Å². The van der Waals surface area contributed by atoms with Gasteiger partial charge in [0.05, 0.1) is 10.8 Å². The van der Waals surface area contributed by atoms with Crippen molar-refractivity contribution in [3.63, 3.8) is 0 Å². The van der Waals surface area contributed by atoms with Crippen molar-refractivity contribution in [1.29, 1.82) is 0 Å².